The van der Waals surface area contributed by atoms with Gasteiger partial charge in [-0.25, -0.2) is 4.39 Å². The number of carbonyl (C=O) groups is 1. The first-order valence-electron chi connectivity index (χ1n) is 7.13. The smallest absolute Gasteiger partial charge is 0.221 e. The summed E-state index contributed by atoms with van der Waals surface area (Å²) in [6, 6.07) is 6.49. The lowest BCUT2D eigenvalue weighted by molar-refractivity contribution is -0.120. The molecule has 5 heteroatoms. The average molecular weight is 279 g/mol. The maximum Gasteiger partial charge on any atom is 0.221 e. The van der Waals surface area contributed by atoms with Crippen molar-refractivity contribution >= 4 is 5.91 Å². The molecule has 1 aromatic rings. The maximum atomic E-state index is 13.1. The molecule has 1 aliphatic heterocycles. The highest BCUT2D eigenvalue weighted by Gasteiger charge is 2.27. The second-order valence-corrected chi connectivity index (χ2v) is 5.20. The first-order chi connectivity index (χ1) is 9.61. The van der Waals surface area contributed by atoms with Gasteiger partial charge in [-0.3, -0.25) is 9.69 Å². The monoisotopic (exact) mass is 279 g/mol. The summed E-state index contributed by atoms with van der Waals surface area (Å²) in [5, 5.41) is 2.87. The van der Waals surface area contributed by atoms with Gasteiger partial charge in [0.15, 0.2) is 0 Å². The van der Waals surface area contributed by atoms with E-state index in [1.165, 1.54) is 12.1 Å². The van der Waals surface area contributed by atoms with E-state index < -0.39 is 0 Å². The van der Waals surface area contributed by atoms with Gasteiger partial charge in [-0.2, -0.15) is 0 Å². The fraction of sp³-hybridized carbons (Fsp3) is 0.533. The van der Waals surface area contributed by atoms with Crippen molar-refractivity contribution in [3.8, 4) is 0 Å². The summed E-state index contributed by atoms with van der Waals surface area (Å²) in [6.07, 6.45) is 1.31. The Morgan fingerprint density at radius 1 is 1.35 bits per heavy atom. The van der Waals surface area contributed by atoms with Crippen molar-refractivity contribution in [1.82, 2.24) is 10.2 Å². The van der Waals surface area contributed by atoms with E-state index in [1.54, 1.807) is 12.1 Å². The van der Waals surface area contributed by atoms with Crippen LogP contribution in [0.1, 0.15) is 31.4 Å². The average Bonchev–Trinajstić information content (AvgIpc) is 2.66. The van der Waals surface area contributed by atoms with Crippen LogP contribution >= 0.6 is 0 Å². The zero-order valence-corrected chi connectivity index (χ0v) is 11.8. The van der Waals surface area contributed by atoms with Crippen molar-refractivity contribution in [2.24, 2.45) is 5.73 Å². The first-order valence-corrected chi connectivity index (χ1v) is 7.13. The summed E-state index contributed by atoms with van der Waals surface area (Å²) in [5.74, 6) is -0.166. The van der Waals surface area contributed by atoms with Gasteiger partial charge in [-0.05, 0) is 24.1 Å². The molecule has 0 aliphatic carbocycles. The third kappa shape index (κ3) is 3.55. The van der Waals surface area contributed by atoms with E-state index in [1.807, 2.05) is 6.92 Å². The molecule has 1 aromatic carbocycles. The quantitative estimate of drug-likeness (QED) is 0.876. The molecule has 1 fully saturated rings. The molecule has 2 unspecified atom stereocenters. The second-order valence-electron chi connectivity index (χ2n) is 5.20. The standard InChI is InChI=1S/C15H22FN3O/c1-2-13(17)15(11-3-5-12(16)6-4-11)19-9-7-14(20)18-8-10-19/h3-6,13,15H,2,7-10,17H2,1H3,(H,18,20). The highest BCUT2D eigenvalue weighted by atomic mass is 19.1. The highest BCUT2D eigenvalue weighted by molar-refractivity contribution is 5.76. The lowest BCUT2D eigenvalue weighted by Crippen LogP contribution is -2.42. The molecule has 2 atom stereocenters. The molecule has 110 valence electrons. The lowest BCUT2D eigenvalue weighted by atomic mass is 9.96. The molecule has 2 rings (SSSR count). The van der Waals surface area contributed by atoms with Gasteiger partial charge in [-0.15, -0.1) is 0 Å². The molecule has 1 saturated heterocycles. The summed E-state index contributed by atoms with van der Waals surface area (Å²) in [4.78, 5) is 13.7. The number of nitrogens with two attached hydrogens (primary N) is 1. The second kappa shape index (κ2) is 6.81. The number of hydrogen-bond acceptors (Lipinski definition) is 3. The van der Waals surface area contributed by atoms with Crippen LogP contribution in [-0.4, -0.2) is 36.5 Å². The predicted molar refractivity (Wildman–Crippen MR) is 76.6 cm³/mol. The van der Waals surface area contributed by atoms with E-state index >= 15 is 0 Å². The van der Waals surface area contributed by atoms with Crippen molar-refractivity contribution in [2.45, 2.75) is 31.8 Å². The summed E-state index contributed by atoms with van der Waals surface area (Å²) >= 11 is 0. The molecule has 0 aromatic heterocycles. The van der Waals surface area contributed by atoms with Gasteiger partial charge < -0.3 is 11.1 Å². The Bertz CT molecular complexity index is 449. The van der Waals surface area contributed by atoms with Gasteiger partial charge in [-0.1, -0.05) is 19.1 Å². The number of halogens is 1. The fourth-order valence-corrected chi connectivity index (χ4v) is 2.67. The molecule has 1 heterocycles. The minimum atomic E-state index is -0.245. The predicted octanol–water partition coefficient (Wildman–Crippen LogP) is 1.43. The molecule has 20 heavy (non-hydrogen) atoms. The molecule has 3 N–H and O–H groups in total. The van der Waals surface area contributed by atoms with E-state index in [2.05, 4.69) is 10.2 Å². The number of amides is 1. The molecular weight excluding hydrogens is 257 g/mol. The van der Waals surface area contributed by atoms with Crippen LogP contribution in [0.5, 0.6) is 0 Å². The van der Waals surface area contributed by atoms with Crippen molar-refractivity contribution in [1.29, 1.82) is 0 Å². The van der Waals surface area contributed by atoms with Gasteiger partial charge in [0, 0.05) is 38.1 Å². The first kappa shape index (κ1) is 14.9. The third-order valence-electron chi connectivity index (χ3n) is 3.83. The fourth-order valence-electron chi connectivity index (χ4n) is 2.67. The van der Waals surface area contributed by atoms with Crippen LogP contribution in [0.4, 0.5) is 4.39 Å². The van der Waals surface area contributed by atoms with Crippen molar-refractivity contribution in [3.63, 3.8) is 0 Å². The van der Waals surface area contributed by atoms with Gasteiger partial charge in [0.25, 0.3) is 0 Å². The Balaban J connectivity index is 2.22. The molecular formula is C15H22FN3O. The molecule has 1 amide bonds. The number of nitrogens with one attached hydrogen (secondary N) is 1. The van der Waals surface area contributed by atoms with Gasteiger partial charge >= 0.3 is 0 Å². The molecule has 0 saturated carbocycles. The third-order valence-corrected chi connectivity index (χ3v) is 3.83. The van der Waals surface area contributed by atoms with Gasteiger partial charge in [0.2, 0.25) is 5.91 Å². The maximum absolute atomic E-state index is 13.1. The van der Waals surface area contributed by atoms with E-state index in [4.69, 9.17) is 5.73 Å². The minimum absolute atomic E-state index is 0.0216. The zero-order chi connectivity index (χ0) is 14.5. The van der Waals surface area contributed by atoms with E-state index in [-0.39, 0.29) is 23.8 Å². The van der Waals surface area contributed by atoms with E-state index in [9.17, 15) is 9.18 Å². The van der Waals surface area contributed by atoms with Crippen LogP contribution in [-0.2, 0) is 4.79 Å². The van der Waals surface area contributed by atoms with Gasteiger partial charge in [0.1, 0.15) is 5.82 Å². The van der Waals surface area contributed by atoms with Crippen molar-refractivity contribution in [3.05, 3.63) is 35.6 Å². The molecule has 0 radical (unpaired) electrons. The Hall–Kier alpha value is -1.46. The number of hydrogen-bond donors (Lipinski definition) is 2. The summed E-state index contributed by atoms with van der Waals surface area (Å²) in [7, 11) is 0. The number of nitrogens with zero attached hydrogens (tertiary/aromatic N) is 1. The SMILES string of the molecule is CCC(N)C(c1ccc(F)cc1)N1CCNC(=O)CC1. The normalized spacial score (nSPS) is 20.1. The molecule has 0 bridgehead atoms. The van der Waals surface area contributed by atoms with Crippen LogP contribution in [0.3, 0.4) is 0 Å². The lowest BCUT2D eigenvalue weighted by Gasteiger charge is -2.34. The van der Waals surface area contributed by atoms with Gasteiger partial charge in [0.05, 0.1) is 0 Å². The van der Waals surface area contributed by atoms with Crippen LogP contribution in [0.2, 0.25) is 0 Å². The number of benzene rings is 1. The molecule has 1 aliphatic rings. The Morgan fingerprint density at radius 2 is 2.05 bits per heavy atom. The largest absolute Gasteiger partial charge is 0.355 e. The minimum Gasteiger partial charge on any atom is -0.355 e. The van der Waals surface area contributed by atoms with Crippen LogP contribution < -0.4 is 11.1 Å². The molecule has 4 nitrogen and oxygen atoms in total. The zero-order valence-electron chi connectivity index (χ0n) is 11.8. The Kier molecular flexibility index (Phi) is 5.09. The summed E-state index contributed by atoms with van der Waals surface area (Å²) in [6.45, 7) is 4.12. The van der Waals surface area contributed by atoms with Crippen molar-refractivity contribution in [2.75, 3.05) is 19.6 Å². The Labute approximate surface area is 119 Å². The summed E-state index contributed by atoms with van der Waals surface area (Å²) < 4.78 is 13.1. The van der Waals surface area contributed by atoms with Crippen LogP contribution in [0.15, 0.2) is 24.3 Å². The highest BCUT2D eigenvalue weighted by Crippen LogP contribution is 2.26. The van der Waals surface area contributed by atoms with Crippen molar-refractivity contribution < 1.29 is 9.18 Å². The van der Waals surface area contributed by atoms with Crippen LogP contribution in [0, 0.1) is 5.82 Å². The number of rotatable bonds is 4. The molecule has 0 spiro atoms. The number of carbonyl (C=O) groups excluding carboxylic acids is 1. The van der Waals surface area contributed by atoms with E-state index in [0.29, 0.717) is 19.5 Å². The van der Waals surface area contributed by atoms with E-state index in [0.717, 1.165) is 18.5 Å². The van der Waals surface area contributed by atoms with Crippen LogP contribution in [0.25, 0.3) is 0 Å². The Morgan fingerprint density at radius 3 is 2.70 bits per heavy atom. The summed E-state index contributed by atoms with van der Waals surface area (Å²) in [5.41, 5.74) is 7.27. The topological polar surface area (TPSA) is 58.4 Å².